The van der Waals surface area contributed by atoms with Crippen LogP contribution in [0.1, 0.15) is 39.1 Å². The summed E-state index contributed by atoms with van der Waals surface area (Å²) < 4.78 is 10.5. The van der Waals surface area contributed by atoms with E-state index in [2.05, 4.69) is 10.6 Å². The Morgan fingerprint density at radius 2 is 1.65 bits per heavy atom. The average molecular weight is 354 g/mol. The Morgan fingerprint density at radius 3 is 2.31 bits per heavy atom. The molecule has 2 amide bonds. The van der Waals surface area contributed by atoms with Crippen molar-refractivity contribution in [2.45, 2.75) is 25.4 Å². The fourth-order valence-corrected chi connectivity index (χ4v) is 2.57. The van der Waals surface area contributed by atoms with Crippen LogP contribution in [0, 0.1) is 0 Å². The summed E-state index contributed by atoms with van der Waals surface area (Å²) in [6.07, 6.45) is 2.05. The standard InChI is InChI=1S/C20H22N2O4/c1-25-17-9-6-13(10-18(17)26-2)12-21-19(23)14-4-3-5-15(11-14)20(24)22-16-7-8-16/h3-6,9-11,16H,7-8,12H2,1-2H3,(H,21,23)(H,22,24). The summed E-state index contributed by atoms with van der Waals surface area (Å²) in [5.74, 6) is 0.873. The molecule has 2 aromatic rings. The molecule has 1 saturated carbocycles. The highest BCUT2D eigenvalue weighted by atomic mass is 16.5. The molecule has 26 heavy (non-hydrogen) atoms. The summed E-state index contributed by atoms with van der Waals surface area (Å²) in [5, 5.41) is 5.78. The largest absolute Gasteiger partial charge is 0.493 e. The van der Waals surface area contributed by atoms with E-state index in [-0.39, 0.29) is 17.9 Å². The van der Waals surface area contributed by atoms with Gasteiger partial charge < -0.3 is 20.1 Å². The quantitative estimate of drug-likeness (QED) is 0.801. The van der Waals surface area contributed by atoms with Gasteiger partial charge in [0.05, 0.1) is 14.2 Å². The monoisotopic (exact) mass is 354 g/mol. The van der Waals surface area contributed by atoms with Gasteiger partial charge >= 0.3 is 0 Å². The van der Waals surface area contributed by atoms with Crippen molar-refractivity contribution in [1.82, 2.24) is 10.6 Å². The van der Waals surface area contributed by atoms with Crippen molar-refractivity contribution < 1.29 is 19.1 Å². The van der Waals surface area contributed by atoms with Gasteiger partial charge in [-0.25, -0.2) is 0 Å². The number of benzene rings is 2. The molecule has 0 aliphatic heterocycles. The van der Waals surface area contributed by atoms with Crippen LogP contribution in [0.15, 0.2) is 42.5 Å². The summed E-state index contributed by atoms with van der Waals surface area (Å²) >= 11 is 0. The second-order valence-corrected chi connectivity index (χ2v) is 6.20. The molecule has 6 nitrogen and oxygen atoms in total. The fraction of sp³-hybridized carbons (Fsp3) is 0.300. The second kappa shape index (κ2) is 7.91. The molecule has 0 heterocycles. The van der Waals surface area contributed by atoms with Crippen molar-refractivity contribution in [3.8, 4) is 11.5 Å². The van der Waals surface area contributed by atoms with Gasteiger partial charge in [0, 0.05) is 23.7 Å². The number of methoxy groups -OCH3 is 2. The molecular weight excluding hydrogens is 332 g/mol. The smallest absolute Gasteiger partial charge is 0.251 e. The Kier molecular flexibility index (Phi) is 5.41. The number of ether oxygens (including phenoxy) is 2. The summed E-state index contributed by atoms with van der Waals surface area (Å²) in [6.45, 7) is 0.345. The topological polar surface area (TPSA) is 76.7 Å². The van der Waals surface area contributed by atoms with E-state index in [4.69, 9.17) is 9.47 Å². The van der Waals surface area contributed by atoms with Crippen molar-refractivity contribution >= 4 is 11.8 Å². The van der Waals surface area contributed by atoms with Crippen LogP contribution in [0.3, 0.4) is 0 Å². The van der Waals surface area contributed by atoms with E-state index in [1.54, 1.807) is 44.6 Å². The third kappa shape index (κ3) is 4.33. The number of amides is 2. The van der Waals surface area contributed by atoms with Crippen LogP contribution in [0.4, 0.5) is 0 Å². The molecular formula is C20H22N2O4. The van der Waals surface area contributed by atoms with Crippen molar-refractivity contribution in [2.75, 3.05) is 14.2 Å². The van der Waals surface area contributed by atoms with Gasteiger partial charge in [0.1, 0.15) is 0 Å². The van der Waals surface area contributed by atoms with Crippen molar-refractivity contribution in [1.29, 1.82) is 0 Å². The van der Waals surface area contributed by atoms with Gasteiger partial charge in [-0.3, -0.25) is 9.59 Å². The molecule has 1 fully saturated rings. The molecule has 3 rings (SSSR count). The van der Waals surface area contributed by atoms with Gasteiger partial charge in [-0.05, 0) is 48.7 Å². The lowest BCUT2D eigenvalue weighted by Crippen LogP contribution is -2.26. The zero-order chi connectivity index (χ0) is 18.5. The zero-order valence-electron chi connectivity index (χ0n) is 14.9. The molecule has 0 unspecified atom stereocenters. The van der Waals surface area contributed by atoms with Gasteiger partial charge in [-0.1, -0.05) is 12.1 Å². The van der Waals surface area contributed by atoms with E-state index in [1.807, 2.05) is 12.1 Å². The van der Waals surface area contributed by atoms with Crippen LogP contribution in [0.25, 0.3) is 0 Å². The van der Waals surface area contributed by atoms with Crippen LogP contribution in [0.2, 0.25) is 0 Å². The first-order valence-electron chi connectivity index (χ1n) is 8.50. The van der Waals surface area contributed by atoms with Crippen LogP contribution in [-0.2, 0) is 6.54 Å². The van der Waals surface area contributed by atoms with Gasteiger partial charge in [0.25, 0.3) is 11.8 Å². The molecule has 0 atom stereocenters. The number of rotatable bonds is 7. The molecule has 1 aliphatic carbocycles. The lowest BCUT2D eigenvalue weighted by Gasteiger charge is -2.11. The third-order valence-corrected chi connectivity index (χ3v) is 4.20. The van der Waals surface area contributed by atoms with Gasteiger partial charge in [0.15, 0.2) is 11.5 Å². The van der Waals surface area contributed by atoms with Crippen LogP contribution in [0.5, 0.6) is 11.5 Å². The summed E-state index contributed by atoms with van der Waals surface area (Å²) in [7, 11) is 3.14. The number of hydrogen-bond acceptors (Lipinski definition) is 4. The third-order valence-electron chi connectivity index (χ3n) is 4.20. The molecule has 0 saturated heterocycles. The lowest BCUT2D eigenvalue weighted by molar-refractivity contribution is 0.0950. The van der Waals surface area contributed by atoms with E-state index >= 15 is 0 Å². The molecule has 1 aliphatic rings. The van der Waals surface area contributed by atoms with Gasteiger partial charge in [-0.15, -0.1) is 0 Å². The highest BCUT2D eigenvalue weighted by Crippen LogP contribution is 2.27. The Hall–Kier alpha value is -3.02. The van der Waals surface area contributed by atoms with Crippen molar-refractivity contribution in [2.24, 2.45) is 0 Å². The minimum absolute atomic E-state index is 0.137. The summed E-state index contributed by atoms with van der Waals surface area (Å²) in [5.41, 5.74) is 1.84. The Labute approximate surface area is 152 Å². The lowest BCUT2D eigenvalue weighted by atomic mass is 10.1. The Morgan fingerprint density at radius 1 is 0.962 bits per heavy atom. The Balaban J connectivity index is 1.63. The number of nitrogens with one attached hydrogen (secondary N) is 2. The zero-order valence-corrected chi connectivity index (χ0v) is 14.9. The molecule has 2 N–H and O–H groups in total. The maximum Gasteiger partial charge on any atom is 0.251 e. The van der Waals surface area contributed by atoms with Crippen LogP contribution < -0.4 is 20.1 Å². The number of carbonyl (C=O) groups excluding carboxylic acids is 2. The maximum absolute atomic E-state index is 12.4. The molecule has 0 aromatic heterocycles. The molecule has 136 valence electrons. The minimum atomic E-state index is -0.235. The fourth-order valence-electron chi connectivity index (χ4n) is 2.57. The van der Waals surface area contributed by atoms with E-state index in [1.165, 1.54) is 0 Å². The molecule has 0 spiro atoms. The van der Waals surface area contributed by atoms with Crippen molar-refractivity contribution in [3.05, 3.63) is 59.2 Å². The van der Waals surface area contributed by atoms with Crippen LogP contribution >= 0.6 is 0 Å². The van der Waals surface area contributed by atoms with E-state index in [0.717, 1.165) is 18.4 Å². The number of hydrogen-bond donors (Lipinski definition) is 2. The second-order valence-electron chi connectivity index (χ2n) is 6.20. The summed E-state index contributed by atoms with van der Waals surface area (Å²) in [4.78, 5) is 24.5. The predicted octanol–water partition coefficient (Wildman–Crippen LogP) is 2.53. The maximum atomic E-state index is 12.4. The average Bonchev–Trinajstić information content (AvgIpc) is 3.49. The molecule has 2 aromatic carbocycles. The van der Waals surface area contributed by atoms with E-state index in [0.29, 0.717) is 29.2 Å². The molecule has 0 radical (unpaired) electrons. The number of carbonyl (C=O) groups is 2. The highest BCUT2D eigenvalue weighted by Gasteiger charge is 2.24. The summed E-state index contributed by atoms with van der Waals surface area (Å²) in [6, 6.07) is 12.5. The molecule has 6 heteroatoms. The minimum Gasteiger partial charge on any atom is -0.493 e. The van der Waals surface area contributed by atoms with Gasteiger partial charge in [-0.2, -0.15) is 0 Å². The van der Waals surface area contributed by atoms with E-state index < -0.39 is 0 Å². The van der Waals surface area contributed by atoms with Crippen molar-refractivity contribution in [3.63, 3.8) is 0 Å². The molecule has 0 bridgehead atoms. The normalized spacial score (nSPS) is 13.0. The Bertz CT molecular complexity index is 815. The first-order chi connectivity index (χ1) is 12.6. The first-order valence-corrected chi connectivity index (χ1v) is 8.50. The SMILES string of the molecule is COc1ccc(CNC(=O)c2cccc(C(=O)NC3CC3)c2)cc1OC. The predicted molar refractivity (Wildman–Crippen MR) is 97.6 cm³/mol. The highest BCUT2D eigenvalue weighted by molar-refractivity contribution is 5.99. The van der Waals surface area contributed by atoms with Gasteiger partial charge in [0.2, 0.25) is 0 Å². The first kappa shape index (κ1) is 17.8. The van der Waals surface area contributed by atoms with Crippen LogP contribution in [-0.4, -0.2) is 32.1 Å². The van der Waals surface area contributed by atoms with E-state index in [9.17, 15) is 9.59 Å².